The third-order valence-corrected chi connectivity index (χ3v) is 3.94. The van der Waals surface area contributed by atoms with Gasteiger partial charge in [0.1, 0.15) is 5.75 Å². The Bertz CT molecular complexity index is 693. The number of carbonyl (C=O) groups excluding carboxylic acids is 1. The minimum Gasteiger partial charge on any atom is -0.493 e. The second kappa shape index (κ2) is 8.30. The van der Waals surface area contributed by atoms with Crippen molar-refractivity contribution in [1.82, 2.24) is 0 Å². The molecule has 0 amide bonds. The van der Waals surface area contributed by atoms with Gasteiger partial charge in [0.2, 0.25) is 0 Å². The molecule has 2 aromatic carbocycles. The third-order valence-electron chi connectivity index (χ3n) is 2.96. The van der Waals surface area contributed by atoms with Crippen LogP contribution in [0.25, 0.3) is 6.08 Å². The lowest BCUT2D eigenvalue weighted by Crippen LogP contribution is -1.97. The van der Waals surface area contributed by atoms with Crippen LogP contribution >= 0.6 is 31.9 Å². The molecule has 0 atom stereocenters. The molecule has 114 valence electrons. The highest BCUT2D eigenvalue weighted by molar-refractivity contribution is 9.10. The van der Waals surface area contributed by atoms with Crippen molar-refractivity contribution in [2.75, 3.05) is 6.61 Å². The molecule has 0 unspecified atom stereocenters. The Labute approximate surface area is 147 Å². The fraction of sp³-hybridized carbons (Fsp3) is 0.167. The molecule has 0 spiro atoms. The van der Waals surface area contributed by atoms with E-state index in [1.807, 2.05) is 36.4 Å². The Kier molecular flexibility index (Phi) is 6.40. The monoisotopic (exact) mass is 422 g/mol. The lowest BCUT2D eigenvalue weighted by molar-refractivity contribution is 0.104. The molecule has 0 heterocycles. The van der Waals surface area contributed by atoms with Gasteiger partial charge >= 0.3 is 0 Å². The molecule has 0 radical (unpaired) electrons. The lowest BCUT2D eigenvalue weighted by atomic mass is 10.1. The summed E-state index contributed by atoms with van der Waals surface area (Å²) in [5, 5.41) is 0. The van der Waals surface area contributed by atoms with Crippen molar-refractivity contribution < 1.29 is 9.53 Å². The van der Waals surface area contributed by atoms with Crippen LogP contribution < -0.4 is 4.74 Å². The maximum atomic E-state index is 12.2. The van der Waals surface area contributed by atoms with Crippen molar-refractivity contribution in [3.05, 3.63) is 68.6 Å². The number of carbonyl (C=O) groups is 1. The molecule has 4 heteroatoms. The van der Waals surface area contributed by atoms with Crippen LogP contribution in [0.2, 0.25) is 0 Å². The van der Waals surface area contributed by atoms with E-state index in [0.717, 1.165) is 26.7 Å². The van der Waals surface area contributed by atoms with Crippen molar-refractivity contribution >= 4 is 43.7 Å². The minimum absolute atomic E-state index is 0.0392. The van der Waals surface area contributed by atoms with E-state index in [-0.39, 0.29) is 5.78 Å². The standard InChI is InChI=1S/C18H16Br2O2/c1-2-10-22-18-9-7-16(20)12-14(18)6-8-17(21)13-4-3-5-15(19)11-13/h3-9,11-12H,2,10H2,1H3/b8-6+. The second-order valence-electron chi connectivity index (χ2n) is 4.74. The zero-order valence-electron chi connectivity index (χ0n) is 12.2. The first-order valence-corrected chi connectivity index (χ1v) is 8.59. The summed E-state index contributed by atoms with van der Waals surface area (Å²) in [5.41, 5.74) is 1.53. The number of ketones is 1. The Balaban J connectivity index is 2.21. The molecular formula is C18H16Br2O2. The van der Waals surface area contributed by atoms with Crippen molar-refractivity contribution in [3.8, 4) is 5.75 Å². The van der Waals surface area contributed by atoms with E-state index in [4.69, 9.17) is 4.74 Å². The SMILES string of the molecule is CCCOc1ccc(Br)cc1/C=C/C(=O)c1cccc(Br)c1. The summed E-state index contributed by atoms with van der Waals surface area (Å²) in [6.45, 7) is 2.72. The number of rotatable bonds is 6. The lowest BCUT2D eigenvalue weighted by Gasteiger charge is -2.08. The molecule has 0 aliphatic carbocycles. The Morgan fingerprint density at radius 2 is 1.91 bits per heavy atom. The molecule has 22 heavy (non-hydrogen) atoms. The number of allylic oxidation sites excluding steroid dienone is 1. The molecular weight excluding hydrogens is 408 g/mol. The third kappa shape index (κ3) is 4.82. The first-order valence-electron chi connectivity index (χ1n) is 7.00. The minimum atomic E-state index is -0.0392. The van der Waals surface area contributed by atoms with Crippen LogP contribution in [0.5, 0.6) is 5.75 Å². The van der Waals surface area contributed by atoms with Crippen molar-refractivity contribution in [2.24, 2.45) is 0 Å². The van der Waals surface area contributed by atoms with E-state index < -0.39 is 0 Å². The zero-order valence-corrected chi connectivity index (χ0v) is 15.4. The predicted octanol–water partition coefficient (Wildman–Crippen LogP) is 5.90. The number of ether oxygens (including phenoxy) is 1. The average Bonchev–Trinajstić information content (AvgIpc) is 2.51. The van der Waals surface area contributed by atoms with Gasteiger partial charge in [0, 0.05) is 20.1 Å². The van der Waals surface area contributed by atoms with E-state index in [1.165, 1.54) is 0 Å². The van der Waals surface area contributed by atoms with Crippen LogP contribution in [0.15, 0.2) is 57.5 Å². The first kappa shape index (κ1) is 17.0. The average molecular weight is 424 g/mol. The number of hydrogen-bond donors (Lipinski definition) is 0. The smallest absolute Gasteiger partial charge is 0.185 e. The molecule has 0 saturated heterocycles. The number of hydrogen-bond acceptors (Lipinski definition) is 2. The van der Waals surface area contributed by atoms with Gasteiger partial charge in [-0.05, 0) is 48.9 Å². The molecule has 0 aromatic heterocycles. The highest BCUT2D eigenvalue weighted by Crippen LogP contribution is 2.25. The molecule has 2 rings (SSSR count). The van der Waals surface area contributed by atoms with E-state index >= 15 is 0 Å². The van der Waals surface area contributed by atoms with Gasteiger partial charge in [-0.25, -0.2) is 0 Å². The van der Waals surface area contributed by atoms with Gasteiger partial charge in [-0.15, -0.1) is 0 Å². The van der Waals surface area contributed by atoms with E-state index in [1.54, 1.807) is 18.2 Å². The quantitative estimate of drug-likeness (QED) is 0.427. The van der Waals surface area contributed by atoms with Gasteiger partial charge in [-0.1, -0.05) is 50.9 Å². The molecule has 0 fully saturated rings. The normalized spacial score (nSPS) is 10.9. The molecule has 0 aliphatic rings. The van der Waals surface area contributed by atoms with Gasteiger partial charge in [-0.3, -0.25) is 4.79 Å². The summed E-state index contributed by atoms with van der Waals surface area (Å²) in [5.74, 6) is 0.742. The van der Waals surface area contributed by atoms with E-state index in [9.17, 15) is 4.79 Å². The zero-order chi connectivity index (χ0) is 15.9. The highest BCUT2D eigenvalue weighted by Gasteiger charge is 2.05. The summed E-state index contributed by atoms with van der Waals surface area (Å²) in [6.07, 6.45) is 4.30. The number of benzene rings is 2. The summed E-state index contributed by atoms with van der Waals surface area (Å²) in [4.78, 5) is 12.2. The fourth-order valence-corrected chi connectivity index (χ4v) is 2.67. The molecule has 0 bridgehead atoms. The van der Waals surface area contributed by atoms with E-state index in [0.29, 0.717) is 12.2 Å². The highest BCUT2D eigenvalue weighted by atomic mass is 79.9. The van der Waals surface area contributed by atoms with Gasteiger partial charge in [0.05, 0.1) is 6.61 Å². The van der Waals surface area contributed by atoms with Gasteiger partial charge in [0.15, 0.2) is 5.78 Å². The number of halogens is 2. The molecule has 2 aromatic rings. The van der Waals surface area contributed by atoms with Gasteiger partial charge in [0.25, 0.3) is 0 Å². The maximum Gasteiger partial charge on any atom is 0.185 e. The second-order valence-corrected chi connectivity index (χ2v) is 6.57. The van der Waals surface area contributed by atoms with Crippen LogP contribution in [0, 0.1) is 0 Å². The largest absolute Gasteiger partial charge is 0.493 e. The summed E-state index contributed by atoms with van der Waals surface area (Å²) >= 11 is 6.82. The van der Waals surface area contributed by atoms with Crippen LogP contribution in [0.1, 0.15) is 29.3 Å². The van der Waals surface area contributed by atoms with Crippen LogP contribution in [0.4, 0.5) is 0 Å². The van der Waals surface area contributed by atoms with Crippen molar-refractivity contribution in [2.45, 2.75) is 13.3 Å². The molecule has 0 saturated carbocycles. The predicted molar refractivity (Wildman–Crippen MR) is 97.4 cm³/mol. The molecule has 0 aliphatic heterocycles. The molecule has 0 N–H and O–H groups in total. The van der Waals surface area contributed by atoms with Gasteiger partial charge < -0.3 is 4.74 Å². The summed E-state index contributed by atoms with van der Waals surface area (Å²) in [7, 11) is 0. The van der Waals surface area contributed by atoms with Crippen LogP contribution in [-0.4, -0.2) is 12.4 Å². The molecule has 2 nitrogen and oxygen atoms in total. The first-order chi connectivity index (χ1) is 10.6. The maximum absolute atomic E-state index is 12.2. The van der Waals surface area contributed by atoms with Crippen molar-refractivity contribution in [3.63, 3.8) is 0 Å². The van der Waals surface area contributed by atoms with Crippen molar-refractivity contribution in [1.29, 1.82) is 0 Å². The summed E-state index contributed by atoms with van der Waals surface area (Å²) < 4.78 is 7.55. The van der Waals surface area contributed by atoms with Crippen LogP contribution in [-0.2, 0) is 0 Å². The van der Waals surface area contributed by atoms with E-state index in [2.05, 4.69) is 38.8 Å². The Morgan fingerprint density at radius 3 is 2.64 bits per heavy atom. The summed E-state index contributed by atoms with van der Waals surface area (Å²) in [6, 6.07) is 13.1. The fourth-order valence-electron chi connectivity index (χ4n) is 1.90. The van der Waals surface area contributed by atoms with Gasteiger partial charge in [-0.2, -0.15) is 0 Å². The Hall–Kier alpha value is -1.39. The van der Waals surface area contributed by atoms with Crippen LogP contribution in [0.3, 0.4) is 0 Å². The Morgan fingerprint density at radius 1 is 1.14 bits per heavy atom. The topological polar surface area (TPSA) is 26.3 Å².